The second-order valence-corrected chi connectivity index (χ2v) is 17.5. The molecule has 5 rings (SSSR count). The molecule has 3 heterocycles. The second kappa shape index (κ2) is 22.7. The van der Waals surface area contributed by atoms with E-state index in [9.17, 15) is 39.6 Å². The van der Waals surface area contributed by atoms with Crippen molar-refractivity contribution in [2.75, 3.05) is 32.1 Å². The van der Waals surface area contributed by atoms with Gasteiger partial charge in [-0.15, -0.1) is 0 Å². The highest BCUT2D eigenvalue weighted by atomic mass is 16.7. The Kier molecular flexibility index (Phi) is 18.2. The lowest BCUT2D eigenvalue weighted by Crippen LogP contribution is -2.46. The molecule has 9 atom stereocenters. The van der Waals surface area contributed by atoms with Gasteiger partial charge in [0.05, 0.1) is 41.2 Å². The zero-order valence-corrected chi connectivity index (χ0v) is 39.4. The SMILES string of the molecule is CCCCCN(CCCCC)C(=O)COc1cc2c(O)c3c(O)c(C)c4c(c13)C(=O)C(C)(O/C=C/C(OC)C(C)C(OC(C)=O)C(C)C(O)C(C)C(O)C(C)/C=C/C=C(C)C(=O)N2)O4. The van der Waals surface area contributed by atoms with Gasteiger partial charge in [0.2, 0.25) is 0 Å². The smallest absolute Gasteiger partial charge is 0.312 e. The molecule has 2 aromatic carbocycles. The number of benzene rings is 2. The summed E-state index contributed by atoms with van der Waals surface area (Å²) in [6, 6.07) is 1.30. The number of methoxy groups -OCH3 is 1. The van der Waals surface area contributed by atoms with Crippen molar-refractivity contribution in [2.24, 2.45) is 23.7 Å². The van der Waals surface area contributed by atoms with Crippen molar-refractivity contribution >= 4 is 40.0 Å². The number of aliphatic hydroxyl groups excluding tert-OH is 2. The van der Waals surface area contributed by atoms with E-state index in [-0.39, 0.29) is 50.6 Å². The number of Topliss-reactive ketones (excluding diaryl/α,β-unsaturated/α-hetero) is 1. The molecule has 3 aliphatic heterocycles. The maximum atomic E-state index is 14.6. The molecule has 2 amide bonds. The molecule has 0 aromatic heterocycles. The molecule has 5 bridgehead atoms. The number of aromatic hydroxyl groups is 2. The molecule has 15 heteroatoms. The number of rotatable bonds is 13. The van der Waals surface area contributed by atoms with Gasteiger partial charge in [-0.25, -0.2) is 0 Å². The number of phenolic OH excluding ortho intramolecular Hbond substituents is 2. The number of fused-ring (bicyclic) bond motifs is 14. The molecule has 64 heavy (non-hydrogen) atoms. The number of nitrogens with zero attached hydrogens (tertiary/aromatic N) is 1. The van der Waals surface area contributed by atoms with Crippen LogP contribution in [0, 0.1) is 30.6 Å². The van der Waals surface area contributed by atoms with E-state index in [0.717, 1.165) is 38.5 Å². The van der Waals surface area contributed by atoms with Gasteiger partial charge in [-0.2, -0.15) is 0 Å². The third-order valence-electron chi connectivity index (χ3n) is 12.6. The number of nitrogens with one attached hydrogen (secondary N) is 1. The number of hydrogen-bond acceptors (Lipinski definition) is 13. The van der Waals surface area contributed by atoms with Crippen molar-refractivity contribution in [1.29, 1.82) is 0 Å². The van der Waals surface area contributed by atoms with Gasteiger partial charge in [0, 0.05) is 80.3 Å². The van der Waals surface area contributed by atoms with Crippen LogP contribution >= 0.6 is 0 Å². The fourth-order valence-corrected chi connectivity index (χ4v) is 8.45. The molecule has 9 unspecified atom stereocenters. The predicted octanol–water partition coefficient (Wildman–Crippen LogP) is 7.64. The number of ketones is 1. The molecule has 2 aromatic rings. The van der Waals surface area contributed by atoms with Crippen LogP contribution in [0.1, 0.15) is 117 Å². The molecule has 354 valence electrons. The van der Waals surface area contributed by atoms with Gasteiger partial charge in [0.25, 0.3) is 17.6 Å². The molecular formula is C49H70N2O13. The lowest BCUT2D eigenvalue weighted by Gasteiger charge is -2.38. The van der Waals surface area contributed by atoms with Gasteiger partial charge in [-0.05, 0) is 32.8 Å². The highest BCUT2D eigenvalue weighted by Crippen LogP contribution is 2.54. The molecule has 5 N–H and O–H groups in total. The summed E-state index contributed by atoms with van der Waals surface area (Å²) in [5.74, 6) is -7.88. The van der Waals surface area contributed by atoms with Crippen LogP contribution in [-0.4, -0.2) is 106 Å². The predicted molar refractivity (Wildman–Crippen MR) is 243 cm³/mol. The molecule has 0 aliphatic carbocycles. The summed E-state index contributed by atoms with van der Waals surface area (Å²) in [6.07, 6.45) is 9.12. The van der Waals surface area contributed by atoms with E-state index in [1.807, 2.05) is 0 Å². The number of carbonyl (C=O) groups excluding carboxylic acids is 4. The van der Waals surface area contributed by atoms with E-state index in [2.05, 4.69) is 19.2 Å². The highest BCUT2D eigenvalue weighted by Gasteiger charge is 2.50. The quantitative estimate of drug-likeness (QED) is 0.0745. The van der Waals surface area contributed by atoms with E-state index in [1.165, 1.54) is 52.4 Å². The lowest BCUT2D eigenvalue weighted by molar-refractivity contribution is -0.160. The minimum atomic E-state index is -2.03. The summed E-state index contributed by atoms with van der Waals surface area (Å²) >= 11 is 0. The maximum Gasteiger partial charge on any atom is 0.312 e. The number of amides is 2. The topological polar surface area (TPSA) is 211 Å². The minimum Gasteiger partial charge on any atom is -0.507 e. The second-order valence-electron chi connectivity index (χ2n) is 17.5. The summed E-state index contributed by atoms with van der Waals surface area (Å²) in [5.41, 5.74) is 0.0358. The van der Waals surface area contributed by atoms with Crippen molar-refractivity contribution in [1.82, 2.24) is 4.90 Å². The monoisotopic (exact) mass is 894 g/mol. The fraction of sp³-hybridized carbons (Fsp3) is 0.592. The van der Waals surface area contributed by atoms with Crippen LogP contribution in [0.4, 0.5) is 5.69 Å². The van der Waals surface area contributed by atoms with Crippen molar-refractivity contribution in [3.8, 4) is 23.0 Å². The van der Waals surface area contributed by atoms with E-state index in [0.29, 0.717) is 13.1 Å². The third-order valence-corrected chi connectivity index (χ3v) is 12.6. The van der Waals surface area contributed by atoms with E-state index >= 15 is 0 Å². The fourth-order valence-electron chi connectivity index (χ4n) is 8.45. The van der Waals surface area contributed by atoms with Gasteiger partial charge in [0.15, 0.2) is 12.4 Å². The van der Waals surface area contributed by atoms with Crippen LogP contribution in [0.2, 0.25) is 0 Å². The average Bonchev–Trinajstić information content (AvgIpc) is 3.52. The number of unbranched alkanes of at least 4 members (excludes halogenated alkanes) is 4. The van der Waals surface area contributed by atoms with Gasteiger partial charge in [0.1, 0.15) is 23.4 Å². The lowest BCUT2D eigenvalue weighted by atomic mass is 9.78. The van der Waals surface area contributed by atoms with Crippen LogP contribution in [-0.2, 0) is 28.6 Å². The van der Waals surface area contributed by atoms with Crippen molar-refractivity contribution < 1.29 is 63.3 Å². The Morgan fingerprint density at radius 1 is 0.891 bits per heavy atom. The van der Waals surface area contributed by atoms with Crippen LogP contribution in [0.25, 0.3) is 10.8 Å². The average molecular weight is 895 g/mol. The number of phenols is 2. The van der Waals surface area contributed by atoms with E-state index in [1.54, 1.807) is 51.7 Å². The molecular weight excluding hydrogens is 825 g/mol. The number of ether oxygens (including phenoxy) is 5. The third kappa shape index (κ3) is 11.6. The first-order chi connectivity index (χ1) is 30.2. The Balaban J connectivity index is 1.91. The minimum absolute atomic E-state index is 0.0463. The molecule has 3 aliphatic rings. The van der Waals surface area contributed by atoms with Crippen molar-refractivity contribution in [3.05, 3.63) is 53.3 Å². The largest absolute Gasteiger partial charge is 0.507 e. The van der Waals surface area contributed by atoms with Gasteiger partial charge >= 0.3 is 11.8 Å². The van der Waals surface area contributed by atoms with Crippen LogP contribution in [0.15, 0.2) is 42.2 Å². The number of esters is 1. The Labute approximate surface area is 377 Å². The Morgan fingerprint density at radius 3 is 2.12 bits per heavy atom. The number of anilines is 1. The number of carbonyl (C=O) groups is 4. The molecule has 15 nitrogen and oxygen atoms in total. The molecule has 0 fully saturated rings. The standard InChI is InChI=1S/C49H70N2O13/c1-12-14-16-22-51(23-17-15-13-2)37(53)26-61-36-25-34-44(57)39-38(36)40-46(32(8)43(39)56)64-49(10,47(40)58)62-24-21-35(60-11)29(5)45(63-33(9)52)31(7)42(55)30(6)41(54)27(3)19-18-20-28(4)48(59)50-34/h18-21,24-25,27,29-31,35,41-42,45,54-57H,12-17,22-23,26H2,1-11H3,(H,50,59)/b19-18+,24-21+,28-20?. The van der Waals surface area contributed by atoms with Gasteiger partial charge in [-0.1, -0.05) is 85.5 Å². The Hall–Kier alpha value is -5.12. The summed E-state index contributed by atoms with van der Waals surface area (Å²) in [5, 5.41) is 48.9. The first kappa shape index (κ1) is 51.5. The van der Waals surface area contributed by atoms with Gasteiger partial charge in [-0.3, -0.25) is 19.2 Å². The van der Waals surface area contributed by atoms with Crippen LogP contribution in [0.3, 0.4) is 0 Å². The molecule has 0 saturated heterocycles. The summed E-state index contributed by atoms with van der Waals surface area (Å²) in [6.45, 7) is 17.4. The maximum absolute atomic E-state index is 14.6. The molecule has 0 saturated carbocycles. The first-order valence-electron chi connectivity index (χ1n) is 22.5. The first-order valence-corrected chi connectivity index (χ1v) is 22.5. The Morgan fingerprint density at radius 2 is 1.53 bits per heavy atom. The Bertz CT molecular complexity index is 2090. The highest BCUT2D eigenvalue weighted by molar-refractivity contribution is 6.21. The van der Waals surface area contributed by atoms with Crippen molar-refractivity contribution in [3.63, 3.8) is 0 Å². The summed E-state index contributed by atoms with van der Waals surface area (Å²) in [4.78, 5) is 56.3. The normalized spacial score (nSPS) is 27.6. The summed E-state index contributed by atoms with van der Waals surface area (Å²) in [7, 11) is 1.45. The zero-order valence-electron chi connectivity index (χ0n) is 39.4. The van der Waals surface area contributed by atoms with Crippen molar-refractivity contribution in [2.45, 2.75) is 138 Å². The van der Waals surface area contributed by atoms with Gasteiger partial charge < -0.3 is 54.3 Å². The molecule has 0 spiro atoms. The summed E-state index contributed by atoms with van der Waals surface area (Å²) < 4.78 is 30.1. The number of hydrogen-bond donors (Lipinski definition) is 5. The number of allylic oxidation sites excluding steroid dienone is 2. The zero-order chi connectivity index (χ0) is 47.6. The van der Waals surface area contributed by atoms with Crippen LogP contribution in [0.5, 0.6) is 23.0 Å². The molecule has 0 radical (unpaired) electrons. The van der Waals surface area contributed by atoms with E-state index < -0.39 is 89.6 Å². The number of aliphatic hydroxyl groups is 2. The van der Waals surface area contributed by atoms with Crippen LogP contribution < -0.4 is 14.8 Å². The van der Waals surface area contributed by atoms with E-state index in [4.69, 9.17) is 23.7 Å².